The van der Waals surface area contributed by atoms with Crippen LogP contribution in [0.3, 0.4) is 0 Å². The first-order valence-corrected chi connectivity index (χ1v) is 7.30. The van der Waals surface area contributed by atoms with E-state index in [1.165, 1.54) is 16.9 Å². The molecular weight excluding hydrogens is 327 g/mol. The number of likely N-dealkylation sites (N-methyl/N-ethyl adjacent to an activating group) is 1. The highest BCUT2D eigenvalue weighted by Crippen LogP contribution is 2.42. The molecular formula is C15H16Cl2N2O3. The summed E-state index contributed by atoms with van der Waals surface area (Å²) in [5, 5.41) is 0.770. The molecule has 1 aromatic rings. The number of esters is 1. The highest BCUT2D eigenvalue weighted by Gasteiger charge is 2.40. The fourth-order valence-electron chi connectivity index (χ4n) is 2.54. The van der Waals surface area contributed by atoms with Crippen molar-refractivity contribution in [3.05, 3.63) is 45.1 Å². The second-order valence-electron chi connectivity index (χ2n) is 4.98. The van der Waals surface area contributed by atoms with E-state index in [0.717, 1.165) is 0 Å². The highest BCUT2D eigenvalue weighted by molar-refractivity contribution is 6.36. The first-order valence-electron chi connectivity index (χ1n) is 6.54. The molecule has 0 N–H and O–H groups in total. The van der Waals surface area contributed by atoms with Gasteiger partial charge in [0.15, 0.2) is 0 Å². The zero-order valence-corrected chi connectivity index (χ0v) is 14.2. The van der Waals surface area contributed by atoms with Crippen LogP contribution in [0.5, 0.6) is 0 Å². The average Bonchev–Trinajstić information content (AvgIpc) is 2.49. The Bertz CT molecular complexity index is 653. The van der Waals surface area contributed by atoms with E-state index in [9.17, 15) is 9.59 Å². The van der Waals surface area contributed by atoms with Crippen molar-refractivity contribution in [3.63, 3.8) is 0 Å². The van der Waals surface area contributed by atoms with Gasteiger partial charge >= 0.3 is 12.0 Å². The molecule has 1 atom stereocenters. The molecule has 0 saturated carbocycles. The van der Waals surface area contributed by atoms with Crippen LogP contribution in [0.15, 0.2) is 29.5 Å². The number of hydrogen-bond donors (Lipinski definition) is 0. The molecule has 1 heterocycles. The lowest BCUT2D eigenvalue weighted by molar-refractivity contribution is -0.137. The summed E-state index contributed by atoms with van der Waals surface area (Å²) in [6, 6.07) is 4.09. The number of benzene rings is 1. The van der Waals surface area contributed by atoms with E-state index in [0.29, 0.717) is 26.9 Å². The first kappa shape index (κ1) is 16.6. The second-order valence-corrected chi connectivity index (χ2v) is 5.80. The lowest BCUT2D eigenvalue weighted by Gasteiger charge is -2.39. The van der Waals surface area contributed by atoms with Gasteiger partial charge in [0, 0.05) is 35.4 Å². The van der Waals surface area contributed by atoms with Gasteiger partial charge < -0.3 is 14.5 Å². The molecule has 5 nitrogen and oxygen atoms in total. The van der Waals surface area contributed by atoms with Gasteiger partial charge in [-0.2, -0.15) is 0 Å². The van der Waals surface area contributed by atoms with E-state index < -0.39 is 12.0 Å². The van der Waals surface area contributed by atoms with Crippen LogP contribution < -0.4 is 0 Å². The molecule has 118 valence electrons. The summed E-state index contributed by atoms with van der Waals surface area (Å²) in [7, 11) is 4.49. The predicted octanol–water partition coefficient (Wildman–Crippen LogP) is 3.48. The third kappa shape index (κ3) is 2.55. The van der Waals surface area contributed by atoms with E-state index in [1.807, 2.05) is 0 Å². The van der Waals surface area contributed by atoms with E-state index in [-0.39, 0.29) is 6.03 Å². The van der Waals surface area contributed by atoms with Gasteiger partial charge in [0.05, 0.1) is 18.7 Å². The Morgan fingerprint density at radius 1 is 1.23 bits per heavy atom. The molecule has 0 spiro atoms. The summed E-state index contributed by atoms with van der Waals surface area (Å²) in [5.41, 5.74) is 1.35. The van der Waals surface area contributed by atoms with E-state index in [1.54, 1.807) is 39.2 Å². The van der Waals surface area contributed by atoms with Gasteiger partial charge in [-0.1, -0.05) is 29.3 Å². The normalized spacial score (nSPS) is 18.8. The van der Waals surface area contributed by atoms with Crippen LogP contribution >= 0.6 is 23.2 Å². The Morgan fingerprint density at radius 2 is 1.77 bits per heavy atom. The highest BCUT2D eigenvalue weighted by atomic mass is 35.5. The van der Waals surface area contributed by atoms with Crippen LogP contribution in [0.1, 0.15) is 18.5 Å². The van der Waals surface area contributed by atoms with Gasteiger partial charge in [0.25, 0.3) is 0 Å². The molecule has 2 amide bonds. The van der Waals surface area contributed by atoms with Gasteiger partial charge in [0.2, 0.25) is 0 Å². The standard InChI is InChI=1S/C15H16Cl2N2O3/c1-8-11(14(20)22-4)13(19(3)15(21)18(8)2)12-9(16)6-5-7-10(12)17/h5-7,13H,1-4H3/t13-/m1/s1. The summed E-state index contributed by atoms with van der Waals surface area (Å²) < 4.78 is 4.88. The largest absolute Gasteiger partial charge is 0.466 e. The zero-order chi connectivity index (χ0) is 16.6. The zero-order valence-electron chi connectivity index (χ0n) is 12.7. The Balaban J connectivity index is 2.74. The maximum absolute atomic E-state index is 12.4. The molecule has 0 saturated heterocycles. The van der Waals surface area contributed by atoms with Crippen molar-refractivity contribution in [1.29, 1.82) is 0 Å². The molecule has 22 heavy (non-hydrogen) atoms. The third-order valence-electron chi connectivity index (χ3n) is 3.82. The van der Waals surface area contributed by atoms with E-state index in [2.05, 4.69) is 0 Å². The van der Waals surface area contributed by atoms with Gasteiger partial charge in [-0.15, -0.1) is 0 Å². The Kier molecular flexibility index (Phi) is 4.68. The van der Waals surface area contributed by atoms with Crippen LogP contribution in [0.4, 0.5) is 4.79 Å². The van der Waals surface area contributed by atoms with Gasteiger partial charge in [-0.05, 0) is 19.1 Å². The number of methoxy groups -OCH3 is 1. The summed E-state index contributed by atoms with van der Waals surface area (Å²) >= 11 is 12.5. The van der Waals surface area contributed by atoms with Crippen molar-refractivity contribution in [2.75, 3.05) is 21.2 Å². The quantitative estimate of drug-likeness (QED) is 0.773. The summed E-state index contributed by atoms with van der Waals surface area (Å²) in [6.07, 6.45) is 0. The van der Waals surface area contributed by atoms with Crippen molar-refractivity contribution in [1.82, 2.24) is 9.80 Å². The lowest BCUT2D eigenvalue weighted by Crippen LogP contribution is -2.47. The maximum Gasteiger partial charge on any atom is 0.337 e. The van der Waals surface area contributed by atoms with Crippen molar-refractivity contribution >= 4 is 35.2 Å². The number of ether oxygens (including phenoxy) is 1. The maximum atomic E-state index is 12.4. The van der Waals surface area contributed by atoms with Crippen LogP contribution in [0.2, 0.25) is 10.0 Å². The van der Waals surface area contributed by atoms with Gasteiger partial charge in [-0.3, -0.25) is 0 Å². The molecule has 1 aliphatic heterocycles. The minimum absolute atomic E-state index is 0.258. The Labute approximate surface area is 139 Å². The smallest absolute Gasteiger partial charge is 0.337 e. The van der Waals surface area contributed by atoms with E-state index in [4.69, 9.17) is 27.9 Å². The number of hydrogen-bond acceptors (Lipinski definition) is 3. The number of carbonyl (C=O) groups is 2. The summed E-state index contributed by atoms with van der Waals surface area (Å²) in [4.78, 5) is 27.4. The number of nitrogens with zero attached hydrogens (tertiary/aromatic N) is 2. The van der Waals surface area contributed by atoms with Crippen molar-refractivity contribution in [3.8, 4) is 0 Å². The van der Waals surface area contributed by atoms with Crippen LogP contribution in [-0.2, 0) is 9.53 Å². The fraction of sp³-hybridized carbons (Fsp3) is 0.333. The van der Waals surface area contributed by atoms with Crippen molar-refractivity contribution in [2.24, 2.45) is 0 Å². The molecule has 0 bridgehead atoms. The molecule has 7 heteroatoms. The molecule has 1 aliphatic rings. The fourth-order valence-corrected chi connectivity index (χ4v) is 3.15. The minimum Gasteiger partial charge on any atom is -0.466 e. The molecule has 0 radical (unpaired) electrons. The third-order valence-corrected chi connectivity index (χ3v) is 4.48. The van der Waals surface area contributed by atoms with Crippen LogP contribution in [0.25, 0.3) is 0 Å². The number of urea groups is 1. The molecule has 2 rings (SSSR count). The van der Waals surface area contributed by atoms with Crippen molar-refractivity contribution < 1.29 is 14.3 Å². The van der Waals surface area contributed by atoms with E-state index >= 15 is 0 Å². The van der Waals surface area contributed by atoms with Crippen LogP contribution in [0, 0.1) is 0 Å². The van der Waals surface area contributed by atoms with Crippen molar-refractivity contribution in [2.45, 2.75) is 13.0 Å². The number of rotatable bonds is 2. The topological polar surface area (TPSA) is 49.9 Å². The molecule has 0 aliphatic carbocycles. The monoisotopic (exact) mass is 342 g/mol. The molecule has 0 fully saturated rings. The Morgan fingerprint density at radius 3 is 2.27 bits per heavy atom. The van der Waals surface area contributed by atoms with Gasteiger partial charge in [-0.25, -0.2) is 9.59 Å². The van der Waals surface area contributed by atoms with Crippen LogP contribution in [-0.4, -0.2) is 43.0 Å². The lowest BCUT2D eigenvalue weighted by atomic mass is 9.93. The average molecular weight is 343 g/mol. The number of halogens is 2. The number of amides is 2. The number of allylic oxidation sites excluding steroid dienone is 1. The first-order chi connectivity index (χ1) is 10.3. The molecule has 1 aromatic carbocycles. The Hall–Kier alpha value is -1.72. The summed E-state index contributed by atoms with van der Waals surface area (Å²) in [6.45, 7) is 1.69. The minimum atomic E-state index is -0.697. The molecule has 0 aromatic heterocycles. The summed E-state index contributed by atoms with van der Waals surface area (Å²) in [5.74, 6) is -0.523. The molecule has 0 unspecified atom stereocenters. The second kappa shape index (κ2) is 6.18. The number of carbonyl (C=O) groups excluding carboxylic acids is 2. The van der Waals surface area contributed by atoms with Gasteiger partial charge in [0.1, 0.15) is 0 Å². The SMILES string of the molecule is COC(=O)C1=C(C)N(C)C(=O)N(C)[C@H]1c1c(Cl)cccc1Cl. The predicted molar refractivity (Wildman–Crippen MR) is 84.8 cm³/mol.